The van der Waals surface area contributed by atoms with E-state index in [1.165, 1.54) is 36.4 Å². The van der Waals surface area contributed by atoms with Crippen molar-refractivity contribution in [2.24, 2.45) is 17.8 Å². The molecule has 0 aromatic heterocycles. The first-order valence-corrected chi connectivity index (χ1v) is 13.4. The number of rotatable bonds is 10. The van der Waals surface area contributed by atoms with Crippen molar-refractivity contribution in [2.45, 2.75) is 52.1 Å². The number of anilines is 1. The second-order valence-corrected chi connectivity index (χ2v) is 10.5. The Bertz CT molecular complexity index is 1390. The predicted octanol–water partition coefficient (Wildman–Crippen LogP) is 4.90. The molecule has 3 N–H and O–H groups in total. The highest BCUT2D eigenvalue weighted by molar-refractivity contribution is 6.22. The molecule has 0 saturated carbocycles. The Morgan fingerprint density at radius 2 is 1.98 bits per heavy atom. The number of aliphatic hydroxyl groups is 2. The molecule has 0 unspecified atom stereocenters. The number of halogens is 1. The van der Waals surface area contributed by atoms with Crippen LogP contribution in [0.25, 0.3) is 6.08 Å². The molecule has 40 heavy (non-hydrogen) atoms. The zero-order chi connectivity index (χ0) is 29.1. The number of hydrogen-bond acceptors (Lipinski definition) is 7. The summed E-state index contributed by atoms with van der Waals surface area (Å²) in [4.78, 5) is 38.7. The number of carbonyl (C=O) groups is 2. The minimum absolute atomic E-state index is 0.112. The zero-order valence-corrected chi connectivity index (χ0v) is 22.4. The van der Waals surface area contributed by atoms with Gasteiger partial charge >= 0.3 is 0 Å². The highest BCUT2D eigenvalue weighted by Crippen LogP contribution is 2.48. The number of aliphatic hydroxyl groups excluding tert-OH is 2. The number of imide groups is 1. The Hall–Kier alpha value is -3.89. The van der Waals surface area contributed by atoms with Gasteiger partial charge in [-0.2, -0.15) is 0 Å². The van der Waals surface area contributed by atoms with Gasteiger partial charge in [-0.25, -0.2) is 9.29 Å². The summed E-state index contributed by atoms with van der Waals surface area (Å²) in [6, 6.07) is 9.42. The molecule has 0 bridgehead atoms. The normalized spacial score (nSPS) is 22.1. The SMILES string of the molecule is CCCC1=C([C@H](O)CC/C(C)=C/c2ccc(O)c(F)c2)[C@H](CO)[C@@H]2C(=O)N(c3cccc([N+](=O)[O-])c3)C(=O)[C@@H]2C1. The van der Waals surface area contributed by atoms with Gasteiger partial charge in [0.15, 0.2) is 11.6 Å². The quantitative estimate of drug-likeness (QED) is 0.165. The van der Waals surface area contributed by atoms with Crippen LogP contribution < -0.4 is 4.90 Å². The number of phenols is 1. The molecule has 1 aliphatic carbocycles. The average molecular weight is 553 g/mol. The Balaban J connectivity index is 1.59. The second-order valence-electron chi connectivity index (χ2n) is 10.5. The number of nitro benzene ring substituents is 1. The first-order chi connectivity index (χ1) is 19.1. The van der Waals surface area contributed by atoms with Crippen LogP contribution in [0.15, 0.2) is 59.2 Å². The molecule has 1 saturated heterocycles. The number of phenolic OH excluding ortho intramolecular Hbond substituents is 1. The van der Waals surface area contributed by atoms with Crippen LogP contribution in [0.4, 0.5) is 15.8 Å². The van der Waals surface area contributed by atoms with E-state index >= 15 is 0 Å². The van der Waals surface area contributed by atoms with E-state index in [0.29, 0.717) is 24.0 Å². The van der Waals surface area contributed by atoms with Gasteiger partial charge in [-0.05, 0) is 61.9 Å². The minimum Gasteiger partial charge on any atom is -0.505 e. The number of amides is 2. The third-order valence-corrected chi connectivity index (χ3v) is 7.79. The van der Waals surface area contributed by atoms with Crippen LogP contribution in [0.5, 0.6) is 5.75 Å². The molecule has 1 heterocycles. The van der Waals surface area contributed by atoms with Crippen molar-refractivity contribution in [2.75, 3.05) is 11.5 Å². The van der Waals surface area contributed by atoms with Crippen LogP contribution in [-0.4, -0.2) is 44.8 Å². The van der Waals surface area contributed by atoms with Crippen molar-refractivity contribution in [3.8, 4) is 5.75 Å². The molecular formula is C30H33FN2O7. The molecule has 9 nitrogen and oxygen atoms in total. The molecule has 2 aromatic rings. The Kier molecular flexibility index (Phi) is 8.80. The topological polar surface area (TPSA) is 141 Å². The molecule has 2 aromatic carbocycles. The molecule has 212 valence electrons. The van der Waals surface area contributed by atoms with Gasteiger partial charge in [-0.1, -0.05) is 42.7 Å². The number of nitrogens with zero attached hydrogens (tertiary/aromatic N) is 2. The molecule has 0 spiro atoms. The minimum atomic E-state index is -0.977. The van der Waals surface area contributed by atoms with Crippen molar-refractivity contribution in [1.29, 1.82) is 0 Å². The van der Waals surface area contributed by atoms with E-state index in [1.54, 1.807) is 12.1 Å². The summed E-state index contributed by atoms with van der Waals surface area (Å²) in [6.07, 6.45) is 3.11. The predicted molar refractivity (Wildman–Crippen MR) is 147 cm³/mol. The number of nitro groups is 1. The van der Waals surface area contributed by atoms with Crippen LogP contribution in [0.1, 0.15) is 51.5 Å². The maximum Gasteiger partial charge on any atom is 0.271 e. The fourth-order valence-electron chi connectivity index (χ4n) is 5.99. The highest BCUT2D eigenvalue weighted by Gasteiger charge is 2.55. The standard InChI is InChI=1S/C30H33FN2O7/c1-3-5-19-14-22-28(30(38)32(29(22)37)20-6-4-7-21(15-20)33(39)40)23(16-34)27(19)26(36)10-8-17(2)12-18-9-11-25(35)24(31)13-18/h4,6-7,9,11-13,15,22-23,26,28,34-36H,3,5,8,10,14,16H2,1-2H3/b17-12+/t22-,23+,26-,28-/m1/s1. The second kappa shape index (κ2) is 12.1. The third-order valence-electron chi connectivity index (χ3n) is 7.79. The van der Waals surface area contributed by atoms with E-state index in [1.807, 2.05) is 13.8 Å². The summed E-state index contributed by atoms with van der Waals surface area (Å²) in [5.74, 6) is -4.56. The summed E-state index contributed by atoms with van der Waals surface area (Å²) in [5, 5.41) is 42.5. The first kappa shape index (κ1) is 29.1. The molecule has 1 fully saturated rings. The van der Waals surface area contributed by atoms with Crippen LogP contribution in [0.2, 0.25) is 0 Å². The Morgan fingerprint density at radius 1 is 1.23 bits per heavy atom. The van der Waals surface area contributed by atoms with E-state index in [4.69, 9.17) is 0 Å². The van der Waals surface area contributed by atoms with Crippen LogP contribution in [-0.2, 0) is 9.59 Å². The smallest absolute Gasteiger partial charge is 0.271 e. The molecule has 10 heteroatoms. The average Bonchev–Trinajstić information content (AvgIpc) is 3.17. The summed E-state index contributed by atoms with van der Waals surface area (Å²) in [5.41, 5.74) is 2.72. The van der Waals surface area contributed by atoms with E-state index in [2.05, 4.69) is 0 Å². The fourth-order valence-corrected chi connectivity index (χ4v) is 5.99. The lowest BCUT2D eigenvalue weighted by Gasteiger charge is -2.36. The lowest BCUT2D eigenvalue weighted by molar-refractivity contribution is -0.384. The third kappa shape index (κ3) is 5.68. The van der Waals surface area contributed by atoms with Crippen LogP contribution >= 0.6 is 0 Å². The van der Waals surface area contributed by atoms with Crippen molar-refractivity contribution in [3.05, 3.63) is 80.7 Å². The summed E-state index contributed by atoms with van der Waals surface area (Å²) in [7, 11) is 0. The summed E-state index contributed by atoms with van der Waals surface area (Å²) >= 11 is 0. The molecular weight excluding hydrogens is 519 g/mol. The lowest BCUT2D eigenvalue weighted by atomic mass is 9.67. The Morgan fingerprint density at radius 3 is 2.62 bits per heavy atom. The van der Waals surface area contributed by atoms with Gasteiger partial charge < -0.3 is 15.3 Å². The highest BCUT2D eigenvalue weighted by atomic mass is 19.1. The Labute approximate surface area is 231 Å². The van der Waals surface area contributed by atoms with Crippen molar-refractivity contribution in [3.63, 3.8) is 0 Å². The fraction of sp³-hybridized carbons (Fsp3) is 0.400. The van der Waals surface area contributed by atoms with Gasteiger partial charge in [-0.15, -0.1) is 0 Å². The van der Waals surface area contributed by atoms with Gasteiger partial charge in [0.25, 0.3) is 5.69 Å². The molecule has 0 radical (unpaired) electrons. The maximum absolute atomic E-state index is 13.7. The molecule has 2 aliphatic rings. The van der Waals surface area contributed by atoms with Gasteiger partial charge in [-0.3, -0.25) is 19.7 Å². The number of non-ortho nitro benzene ring substituents is 1. The van der Waals surface area contributed by atoms with Gasteiger partial charge in [0.2, 0.25) is 11.8 Å². The van der Waals surface area contributed by atoms with E-state index in [9.17, 15) is 39.4 Å². The molecule has 4 rings (SSSR count). The number of benzene rings is 2. The van der Waals surface area contributed by atoms with Crippen molar-refractivity contribution in [1.82, 2.24) is 0 Å². The summed E-state index contributed by atoms with van der Waals surface area (Å²) in [6.45, 7) is 3.37. The van der Waals surface area contributed by atoms with E-state index in [-0.39, 0.29) is 24.2 Å². The number of aromatic hydroxyl groups is 1. The monoisotopic (exact) mass is 552 g/mol. The molecule has 4 atom stereocenters. The van der Waals surface area contributed by atoms with Crippen LogP contribution in [0.3, 0.4) is 0 Å². The largest absolute Gasteiger partial charge is 0.505 e. The molecule has 2 amide bonds. The molecule has 1 aliphatic heterocycles. The lowest BCUT2D eigenvalue weighted by Crippen LogP contribution is -2.39. The number of allylic oxidation sites excluding steroid dienone is 2. The number of fused-ring (bicyclic) bond motifs is 1. The first-order valence-electron chi connectivity index (χ1n) is 13.4. The van der Waals surface area contributed by atoms with Gasteiger partial charge in [0.05, 0.1) is 35.2 Å². The van der Waals surface area contributed by atoms with Gasteiger partial charge in [0, 0.05) is 18.1 Å². The van der Waals surface area contributed by atoms with Gasteiger partial charge in [0.1, 0.15) is 0 Å². The zero-order valence-electron chi connectivity index (χ0n) is 22.4. The van der Waals surface area contributed by atoms with Crippen molar-refractivity contribution < 1.29 is 34.2 Å². The van der Waals surface area contributed by atoms with Crippen LogP contribution in [0, 0.1) is 33.7 Å². The van der Waals surface area contributed by atoms with E-state index in [0.717, 1.165) is 22.5 Å². The number of hydrogen-bond donors (Lipinski definition) is 3. The maximum atomic E-state index is 13.7. The van der Waals surface area contributed by atoms with E-state index < -0.39 is 58.8 Å². The van der Waals surface area contributed by atoms with Crippen molar-refractivity contribution >= 4 is 29.3 Å². The summed E-state index contributed by atoms with van der Waals surface area (Å²) < 4.78 is 13.7. The number of carbonyl (C=O) groups excluding carboxylic acids is 2.